The highest BCUT2D eigenvalue weighted by Gasteiger charge is 2.69. The molecule has 154 valence electrons. The topological polar surface area (TPSA) is 49.4 Å². The smallest absolute Gasteiger partial charge is 0.250 e. The summed E-state index contributed by atoms with van der Waals surface area (Å²) in [4.78, 5) is 30.3. The molecule has 3 aromatic carbocycles. The van der Waals surface area contributed by atoms with Gasteiger partial charge in [0.1, 0.15) is 5.54 Å². The average Bonchev–Trinajstić information content (AvgIpc) is 3.48. The van der Waals surface area contributed by atoms with Gasteiger partial charge in [-0.3, -0.25) is 14.5 Å². The minimum Gasteiger partial charge on any atom is -0.324 e. The third-order valence-electron chi connectivity index (χ3n) is 7.43. The van der Waals surface area contributed by atoms with Gasteiger partial charge in [-0.1, -0.05) is 78.9 Å². The molecule has 6 rings (SSSR count). The van der Waals surface area contributed by atoms with Crippen LogP contribution in [0.4, 0.5) is 5.69 Å². The normalized spacial score (nSPS) is 29.0. The van der Waals surface area contributed by atoms with Crippen LogP contribution in [0, 0.1) is 5.92 Å². The highest BCUT2D eigenvalue weighted by Crippen LogP contribution is 2.61. The van der Waals surface area contributed by atoms with Gasteiger partial charge >= 0.3 is 0 Å². The lowest BCUT2D eigenvalue weighted by Crippen LogP contribution is -2.52. The van der Waals surface area contributed by atoms with Gasteiger partial charge in [0.2, 0.25) is 5.91 Å². The summed E-state index contributed by atoms with van der Waals surface area (Å²) in [7, 11) is 0. The van der Waals surface area contributed by atoms with Crippen molar-refractivity contribution in [2.75, 3.05) is 11.9 Å². The fourth-order valence-electron chi connectivity index (χ4n) is 6.35. The molecular weight excluding hydrogens is 384 g/mol. The molecule has 0 saturated carbocycles. The molecule has 2 fully saturated rings. The lowest BCUT2D eigenvalue weighted by Gasteiger charge is -2.36. The largest absolute Gasteiger partial charge is 0.324 e. The summed E-state index contributed by atoms with van der Waals surface area (Å²) in [6.07, 6.45) is 2.03. The van der Waals surface area contributed by atoms with Gasteiger partial charge in [-0.15, -0.1) is 0 Å². The zero-order valence-corrected chi connectivity index (χ0v) is 17.2. The van der Waals surface area contributed by atoms with E-state index >= 15 is 0 Å². The fourth-order valence-corrected chi connectivity index (χ4v) is 6.35. The van der Waals surface area contributed by atoms with E-state index in [1.54, 1.807) is 0 Å². The van der Waals surface area contributed by atoms with E-state index in [1.165, 1.54) is 0 Å². The van der Waals surface area contributed by atoms with E-state index in [0.717, 1.165) is 36.2 Å². The molecule has 1 amide bonds. The summed E-state index contributed by atoms with van der Waals surface area (Å²) in [5.74, 6) is -0.524. The van der Waals surface area contributed by atoms with Crippen molar-refractivity contribution in [3.05, 3.63) is 102 Å². The summed E-state index contributed by atoms with van der Waals surface area (Å²) in [6.45, 7) is 0.828. The molecule has 1 N–H and O–H groups in total. The van der Waals surface area contributed by atoms with Crippen molar-refractivity contribution in [1.82, 2.24) is 4.90 Å². The fraction of sp³-hybridized carbons (Fsp3) is 0.259. The first-order chi connectivity index (χ1) is 15.2. The zero-order valence-electron chi connectivity index (χ0n) is 17.2. The van der Waals surface area contributed by atoms with E-state index in [0.29, 0.717) is 5.56 Å². The van der Waals surface area contributed by atoms with E-state index in [-0.39, 0.29) is 23.7 Å². The first-order valence-corrected chi connectivity index (χ1v) is 11.0. The van der Waals surface area contributed by atoms with Gasteiger partial charge in [-0.25, -0.2) is 0 Å². The first-order valence-electron chi connectivity index (χ1n) is 11.0. The number of rotatable bonds is 3. The number of amides is 1. The molecule has 0 radical (unpaired) electrons. The Bertz CT molecular complexity index is 1160. The predicted molar refractivity (Wildman–Crippen MR) is 120 cm³/mol. The number of carbonyl (C=O) groups excluding carboxylic acids is 2. The van der Waals surface area contributed by atoms with Crippen molar-refractivity contribution in [3.8, 4) is 0 Å². The molecule has 0 aromatic heterocycles. The van der Waals surface area contributed by atoms with E-state index in [4.69, 9.17) is 0 Å². The molecule has 3 aromatic rings. The van der Waals surface area contributed by atoms with E-state index in [1.807, 2.05) is 72.8 Å². The van der Waals surface area contributed by atoms with Gasteiger partial charge in [0, 0.05) is 28.8 Å². The van der Waals surface area contributed by atoms with Crippen LogP contribution in [0.2, 0.25) is 0 Å². The average molecular weight is 409 g/mol. The first kappa shape index (κ1) is 18.5. The van der Waals surface area contributed by atoms with Crippen LogP contribution in [0.3, 0.4) is 0 Å². The van der Waals surface area contributed by atoms with Crippen molar-refractivity contribution < 1.29 is 9.59 Å². The second-order valence-electron chi connectivity index (χ2n) is 8.81. The van der Waals surface area contributed by atoms with Crippen molar-refractivity contribution in [2.24, 2.45) is 5.92 Å². The minimum atomic E-state index is -0.967. The predicted octanol–water partition coefficient (Wildman–Crippen LogP) is 4.59. The minimum absolute atomic E-state index is 0.0340. The molecule has 0 bridgehead atoms. The molecular formula is C27H24N2O2. The van der Waals surface area contributed by atoms with Crippen molar-refractivity contribution in [2.45, 2.75) is 30.3 Å². The molecule has 4 nitrogen and oxygen atoms in total. The molecule has 0 aliphatic carbocycles. The van der Waals surface area contributed by atoms with E-state index in [9.17, 15) is 9.59 Å². The highest BCUT2D eigenvalue weighted by molar-refractivity contribution is 6.12. The molecule has 4 heteroatoms. The number of nitrogens with one attached hydrogen (secondary N) is 1. The monoisotopic (exact) mass is 408 g/mol. The Kier molecular flexibility index (Phi) is 4.12. The van der Waals surface area contributed by atoms with Crippen LogP contribution in [0.1, 0.15) is 40.2 Å². The Hall–Kier alpha value is -3.24. The zero-order chi connectivity index (χ0) is 21.0. The van der Waals surface area contributed by atoms with Crippen LogP contribution < -0.4 is 5.32 Å². The molecule has 1 spiro atoms. The van der Waals surface area contributed by atoms with E-state index < -0.39 is 11.5 Å². The highest BCUT2D eigenvalue weighted by atomic mass is 16.2. The lowest BCUT2D eigenvalue weighted by atomic mass is 9.69. The molecule has 3 aliphatic heterocycles. The number of carbonyl (C=O) groups is 2. The molecule has 3 heterocycles. The number of hydrogen-bond donors (Lipinski definition) is 1. The summed E-state index contributed by atoms with van der Waals surface area (Å²) in [5, 5.41) is 3.12. The maximum atomic E-state index is 14.2. The van der Waals surface area contributed by atoms with E-state index in [2.05, 4.69) is 22.3 Å². The summed E-state index contributed by atoms with van der Waals surface area (Å²) < 4.78 is 0. The number of ketones is 1. The van der Waals surface area contributed by atoms with Gasteiger partial charge in [0.25, 0.3) is 0 Å². The molecule has 31 heavy (non-hydrogen) atoms. The summed E-state index contributed by atoms with van der Waals surface area (Å²) >= 11 is 0. The number of fused-ring (bicyclic) bond motifs is 4. The van der Waals surface area contributed by atoms with Crippen LogP contribution in [0.5, 0.6) is 0 Å². The third kappa shape index (κ3) is 2.45. The quantitative estimate of drug-likeness (QED) is 0.645. The number of nitrogens with zero attached hydrogens (tertiary/aromatic N) is 1. The van der Waals surface area contributed by atoms with Crippen LogP contribution in [-0.2, 0) is 10.3 Å². The molecule has 2 unspecified atom stereocenters. The van der Waals surface area contributed by atoms with Gasteiger partial charge < -0.3 is 5.32 Å². The van der Waals surface area contributed by atoms with Gasteiger partial charge in [0.15, 0.2) is 5.78 Å². The van der Waals surface area contributed by atoms with Crippen molar-refractivity contribution >= 4 is 17.4 Å². The maximum absolute atomic E-state index is 14.2. The molecule has 3 aliphatic rings. The summed E-state index contributed by atoms with van der Waals surface area (Å²) in [5.41, 5.74) is 2.62. The Morgan fingerprint density at radius 3 is 2.35 bits per heavy atom. The lowest BCUT2D eigenvalue weighted by molar-refractivity contribution is -0.127. The Morgan fingerprint density at radius 1 is 0.903 bits per heavy atom. The van der Waals surface area contributed by atoms with Crippen molar-refractivity contribution in [3.63, 3.8) is 0 Å². The molecule has 4 atom stereocenters. The Balaban J connectivity index is 1.62. The Morgan fingerprint density at radius 2 is 1.58 bits per heavy atom. The van der Waals surface area contributed by atoms with Gasteiger partial charge in [-0.05, 0) is 31.0 Å². The van der Waals surface area contributed by atoms with Gasteiger partial charge in [-0.2, -0.15) is 0 Å². The van der Waals surface area contributed by atoms with Crippen molar-refractivity contribution in [1.29, 1.82) is 0 Å². The number of para-hydroxylation sites is 1. The van der Waals surface area contributed by atoms with Gasteiger partial charge in [0.05, 0.1) is 5.92 Å². The number of anilines is 1. The second-order valence-corrected chi connectivity index (χ2v) is 8.81. The Labute approximate surface area is 181 Å². The van der Waals surface area contributed by atoms with Crippen LogP contribution in [0.15, 0.2) is 84.9 Å². The number of hydrogen-bond acceptors (Lipinski definition) is 3. The van der Waals surface area contributed by atoms with Crippen LogP contribution >= 0.6 is 0 Å². The molecule has 2 saturated heterocycles. The summed E-state index contributed by atoms with van der Waals surface area (Å²) in [6, 6.07) is 27.8. The SMILES string of the molecule is O=C(c1ccccc1)[C@@H]1[C@@H](c2ccccc2)C2CCCN2C12C(=O)Nc1ccccc12. The second kappa shape index (κ2) is 6.89. The van der Waals surface area contributed by atoms with Crippen LogP contribution in [0.25, 0.3) is 0 Å². The number of benzene rings is 3. The number of Topliss-reactive ketones (excluding diaryl/α,β-unsaturated/α-hetero) is 1. The maximum Gasteiger partial charge on any atom is 0.250 e. The standard InChI is InChI=1S/C27H24N2O2/c30-25(19-12-5-2-6-13-19)24-23(18-10-3-1-4-11-18)22-16-9-17-29(22)27(24)20-14-7-8-15-21(20)28-26(27)31/h1-8,10-15,22-24H,9,16-17H2,(H,28,31)/t22?,23-,24-,27?/m0/s1. The third-order valence-corrected chi connectivity index (χ3v) is 7.43. The van der Waals surface area contributed by atoms with Crippen LogP contribution in [-0.4, -0.2) is 29.2 Å².